The number of ether oxygens (including phenoxy) is 2. The van der Waals surface area contributed by atoms with Gasteiger partial charge in [-0.25, -0.2) is 4.79 Å². The van der Waals surface area contributed by atoms with Gasteiger partial charge in [0.2, 0.25) is 0 Å². The van der Waals surface area contributed by atoms with Gasteiger partial charge in [0.05, 0.1) is 13.0 Å². The third kappa shape index (κ3) is 1.72. The molecule has 1 aliphatic rings. The first-order valence-electron chi connectivity index (χ1n) is 5.55. The van der Waals surface area contributed by atoms with Crippen LogP contribution in [-0.4, -0.2) is 30.6 Å². The van der Waals surface area contributed by atoms with Gasteiger partial charge in [0.1, 0.15) is 29.5 Å². The lowest BCUT2D eigenvalue weighted by Crippen LogP contribution is -2.28. The van der Waals surface area contributed by atoms with E-state index >= 15 is 0 Å². The minimum atomic E-state index is -0.606. The molecule has 2 rings (SSSR count). The first-order valence-corrected chi connectivity index (χ1v) is 5.55. The third-order valence-corrected chi connectivity index (χ3v) is 3.21. The Hall–Kier alpha value is -2.04. The zero-order valence-corrected chi connectivity index (χ0v) is 10.4. The van der Waals surface area contributed by atoms with E-state index in [0.717, 1.165) is 0 Å². The van der Waals surface area contributed by atoms with E-state index in [1.54, 1.807) is 6.92 Å². The monoisotopic (exact) mass is 250 g/mol. The van der Waals surface area contributed by atoms with E-state index < -0.39 is 11.9 Å². The maximum absolute atomic E-state index is 11.7. The number of phenols is 1. The molecule has 1 heterocycles. The fraction of sp³-hybridized carbons (Fsp3) is 0.385. The van der Waals surface area contributed by atoms with Gasteiger partial charge in [-0.3, -0.25) is 4.79 Å². The Labute approximate surface area is 104 Å². The summed E-state index contributed by atoms with van der Waals surface area (Å²) < 4.78 is 10.1. The number of phenolic OH excluding ortho intramolecular Hbond substituents is 1. The first kappa shape index (κ1) is 12.4. The van der Waals surface area contributed by atoms with E-state index in [-0.39, 0.29) is 23.7 Å². The largest absolute Gasteiger partial charge is 0.507 e. The summed E-state index contributed by atoms with van der Waals surface area (Å²) in [5.74, 6) is -1.03. The summed E-state index contributed by atoms with van der Waals surface area (Å²) in [5.41, 5.74) is 1.26. The van der Waals surface area contributed by atoms with Crippen LogP contribution in [0.4, 0.5) is 0 Å². The molecule has 1 aliphatic heterocycles. The summed E-state index contributed by atoms with van der Waals surface area (Å²) in [6.07, 6.45) is 0. The highest BCUT2D eigenvalue weighted by atomic mass is 16.5. The number of benzene rings is 1. The number of carbonyl (C=O) groups is 2. The van der Waals surface area contributed by atoms with E-state index in [2.05, 4.69) is 0 Å². The van der Waals surface area contributed by atoms with Crippen molar-refractivity contribution in [3.8, 4) is 11.5 Å². The van der Waals surface area contributed by atoms with Crippen LogP contribution in [0.1, 0.15) is 34.3 Å². The van der Waals surface area contributed by atoms with Crippen LogP contribution in [0.25, 0.3) is 0 Å². The van der Waals surface area contributed by atoms with Gasteiger partial charge in [0, 0.05) is 6.07 Å². The lowest BCUT2D eigenvalue weighted by molar-refractivity contribution is -0.119. The molecule has 96 valence electrons. The molecule has 1 atom stereocenters. The molecule has 0 radical (unpaired) electrons. The van der Waals surface area contributed by atoms with Gasteiger partial charge in [-0.2, -0.15) is 0 Å². The minimum absolute atomic E-state index is 0.00855. The summed E-state index contributed by atoms with van der Waals surface area (Å²) in [5, 5.41) is 9.87. The number of hydrogen-bond acceptors (Lipinski definition) is 5. The van der Waals surface area contributed by atoms with Crippen molar-refractivity contribution >= 4 is 11.8 Å². The van der Waals surface area contributed by atoms with Crippen molar-refractivity contribution in [2.75, 3.05) is 13.7 Å². The molecule has 0 aliphatic carbocycles. The molecule has 0 saturated carbocycles. The quantitative estimate of drug-likeness (QED) is 0.806. The fourth-order valence-electron chi connectivity index (χ4n) is 2.26. The highest BCUT2D eigenvalue weighted by molar-refractivity contribution is 6.00. The second-order valence-corrected chi connectivity index (χ2v) is 4.27. The van der Waals surface area contributed by atoms with Crippen LogP contribution in [0.15, 0.2) is 6.07 Å². The van der Waals surface area contributed by atoms with Gasteiger partial charge in [-0.05, 0) is 25.0 Å². The summed E-state index contributed by atoms with van der Waals surface area (Å²) >= 11 is 0. The van der Waals surface area contributed by atoms with Gasteiger partial charge in [-0.1, -0.05) is 0 Å². The molecule has 0 spiro atoms. The Morgan fingerprint density at radius 2 is 2.22 bits per heavy atom. The molecule has 1 N–H and O–H groups in total. The van der Waals surface area contributed by atoms with E-state index in [0.29, 0.717) is 16.9 Å². The maximum Gasteiger partial charge on any atom is 0.342 e. The second-order valence-electron chi connectivity index (χ2n) is 4.27. The Morgan fingerprint density at radius 3 is 2.78 bits per heavy atom. The van der Waals surface area contributed by atoms with Crippen LogP contribution >= 0.6 is 0 Å². The lowest BCUT2D eigenvalue weighted by Gasteiger charge is -2.26. The Morgan fingerprint density at radius 1 is 1.56 bits per heavy atom. The van der Waals surface area contributed by atoms with Crippen molar-refractivity contribution in [3.05, 3.63) is 22.8 Å². The molecule has 0 unspecified atom stereocenters. The van der Waals surface area contributed by atoms with Crippen molar-refractivity contribution in [1.29, 1.82) is 0 Å². The number of carbonyl (C=O) groups excluding carboxylic acids is 2. The van der Waals surface area contributed by atoms with E-state index in [4.69, 9.17) is 9.47 Å². The average Bonchev–Trinajstić information content (AvgIpc) is 2.32. The highest BCUT2D eigenvalue weighted by Crippen LogP contribution is 2.40. The van der Waals surface area contributed by atoms with Gasteiger partial charge < -0.3 is 14.6 Å². The predicted octanol–water partition coefficient (Wildman–Crippen LogP) is 1.55. The van der Waals surface area contributed by atoms with Crippen molar-refractivity contribution in [2.45, 2.75) is 19.8 Å². The SMILES string of the molecule is COc1cc(O)c2c(c1C)[C@H](C(C)=O)COC2=O. The van der Waals surface area contributed by atoms with Crippen molar-refractivity contribution < 1.29 is 24.2 Å². The lowest BCUT2D eigenvalue weighted by atomic mass is 9.85. The maximum atomic E-state index is 11.7. The van der Waals surface area contributed by atoms with Crippen molar-refractivity contribution in [1.82, 2.24) is 0 Å². The van der Waals surface area contributed by atoms with E-state index in [1.165, 1.54) is 20.1 Å². The number of aromatic hydroxyl groups is 1. The number of rotatable bonds is 2. The van der Waals surface area contributed by atoms with E-state index in [1.807, 2.05) is 0 Å². The predicted molar refractivity (Wildman–Crippen MR) is 63.1 cm³/mol. The topological polar surface area (TPSA) is 72.8 Å². The molecule has 1 aromatic rings. The molecule has 18 heavy (non-hydrogen) atoms. The number of esters is 1. The number of Topliss-reactive ketones (excluding diaryl/α,β-unsaturated/α-hetero) is 1. The number of methoxy groups -OCH3 is 1. The fourth-order valence-corrected chi connectivity index (χ4v) is 2.26. The molecule has 0 saturated heterocycles. The van der Waals surface area contributed by atoms with Crippen LogP contribution in [0.5, 0.6) is 11.5 Å². The second kappa shape index (κ2) is 4.33. The smallest absolute Gasteiger partial charge is 0.342 e. The Balaban J connectivity index is 2.75. The van der Waals surface area contributed by atoms with Gasteiger partial charge >= 0.3 is 5.97 Å². The number of fused-ring (bicyclic) bond motifs is 1. The summed E-state index contributed by atoms with van der Waals surface area (Å²) in [4.78, 5) is 23.3. The average molecular weight is 250 g/mol. The molecule has 0 fully saturated rings. The number of cyclic esters (lactones) is 1. The summed E-state index contributed by atoms with van der Waals surface area (Å²) in [7, 11) is 1.47. The number of hydrogen-bond donors (Lipinski definition) is 1. The molecule has 0 bridgehead atoms. The number of ketones is 1. The summed E-state index contributed by atoms with van der Waals surface area (Å²) in [6, 6.07) is 1.36. The standard InChI is InChI=1S/C13H14O5/c1-6-10(17-3)4-9(15)12-11(6)8(7(2)14)5-18-13(12)16/h4,8,15H,5H2,1-3H3/t8-/m0/s1. The van der Waals surface area contributed by atoms with Crippen LogP contribution in [0, 0.1) is 6.92 Å². The first-order chi connectivity index (χ1) is 8.47. The van der Waals surface area contributed by atoms with Crippen LogP contribution in [0.3, 0.4) is 0 Å². The van der Waals surface area contributed by atoms with Crippen LogP contribution < -0.4 is 4.74 Å². The van der Waals surface area contributed by atoms with Gasteiger partial charge in [0.15, 0.2) is 0 Å². The van der Waals surface area contributed by atoms with Crippen LogP contribution in [-0.2, 0) is 9.53 Å². The molecular weight excluding hydrogens is 236 g/mol. The Bertz CT molecular complexity index is 533. The van der Waals surface area contributed by atoms with Crippen molar-refractivity contribution in [3.63, 3.8) is 0 Å². The van der Waals surface area contributed by atoms with Crippen molar-refractivity contribution in [2.24, 2.45) is 0 Å². The van der Waals surface area contributed by atoms with Gasteiger partial charge in [0.25, 0.3) is 0 Å². The summed E-state index contributed by atoms with van der Waals surface area (Å²) in [6.45, 7) is 3.20. The molecule has 0 amide bonds. The highest BCUT2D eigenvalue weighted by Gasteiger charge is 2.35. The minimum Gasteiger partial charge on any atom is -0.507 e. The molecule has 5 nitrogen and oxygen atoms in total. The molecule has 1 aromatic carbocycles. The van der Waals surface area contributed by atoms with Crippen LogP contribution in [0.2, 0.25) is 0 Å². The molecule has 0 aromatic heterocycles. The third-order valence-electron chi connectivity index (χ3n) is 3.21. The zero-order valence-electron chi connectivity index (χ0n) is 10.4. The molecule has 5 heteroatoms. The zero-order chi connectivity index (χ0) is 13.4. The Kier molecular flexibility index (Phi) is 2.98. The van der Waals surface area contributed by atoms with E-state index in [9.17, 15) is 14.7 Å². The normalized spacial score (nSPS) is 17.9. The molecular formula is C13H14O5. The van der Waals surface area contributed by atoms with Gasteiger partial charge in [-0.15, -0.1) is 0 Å².